The summed E-state index contributed by atoms with van der Waals surface area (Å²) in [6, 6.07) is 3.05. The maximum atomic E-state index is 11.7. The zero-order valence-corrected chi connectivity index (χ0v) is 11.0. The number of carbonyl (C=O) groups excluding carboxylic acids is 1. The molecule has 2 heterocycles. The highest BCUT2D eigenvalue weighted by Crippen LogP contribution is 2.16. The van der Waals surface area contributed by atoms with Gasteiger partial charge in [0.05, 0.1) is 5.69 Å². The zero-order valence-electron chi connectivity index (χ0n) is 10.2. The van der Waals surface area contributed by atoms with Crippen LogP contribution in [0.15, 0.2) is 22.9 Å². The van der Waals surface area contributed by atoms with Gasteiger partial charge >= 0.3 is 12.0 Å². The lowest BCUT2D eigenvalue weighted by molar-refractivity contribution is 0.0692. The second kappa shape index (κ2) is 5.57. The number of thiophene rings is 1. The third-order valence-electron chi connectivity index (χ3n) is 2.45. The number of hydrogen-bond donors (Lipinski definition) is 4. The monoisotopic (exact) mass is 279 g/mol. The summed E-state index contributed by atoms with van der Waals surface area (Å²) in [5, 5.41) is 18.0. The molecule has 0 spiro atoms. The van der Waals surface area contributed by atoms with Gasteiger partial charge in [-0.25, -0.2) is 9.59 Å². The molecule has 2 rings (SSSR count). The van der Waals surface area contributed by atoms with Crippen molar-refractivity contribution in [2.45, 2.75) is 13.5 Å². The fourth-order valence-electron chi connectivity index (χ4n) is 1.60. The number of urea groups is 1. The van der Waals surface area contributed by atoms with Gasteiger partial charge in [-0.05, 0) is 35.4 Å². The molecule has 0 aliphatic heterocycles. The Morgan fingerprint density at radius 2 is 2.26 bits per heavy atom. The van der Waals surface area contributed by atoms with E-state index in [1.54, 1.807) is 24.3 Å². The topological polar surface area (TPSA) is 94.2 Å². The summed E-state index contributed by atoms with van der Waals surface area (Å²) < 4.78 is 0. The molecule has 0 fully saturated rings. The first kappa shape index (κ1) is 13.2. The molecule has 0 bridgehead atoms. The molecule has 6 nitrogen and oxygen atoms in total. The number of aromatic carboxylic acids is 1. The van der Waals surface area contributed by atoms with Crippen LogP contribution in [0.2, 0.25) is 0 Å². The van der Waals surface area contributed by atoms with Crippen LogP contribution in [0, 0.1) is 6.92 Å². The first-order valence-corrected chi connectivity index (χ1v) is 6.49. The number of rotatable bonds is 4. The van der Waals surface area contributed by atoms with Crippen molar-refractivity contribution >= 4 is 29.0 Å². The van der Waals surface area contributed by atoms with Gasteiger partial charge in [-0.15, -0.1) is 0 Å². The number of aryl methyl sites for hydroxylation is 1. The molecule has 7 heteroatoms. The summed E-state index contributed by atoms with van der Waals surface area (Å²) in [6.45, 7) is 2.13. The average Bonchev–Trinajstić information content (AvgIpc) is 2.96. The second-order valence-electron chi connectivity index (χ2n) is 3.99. The van der Waals surface area contributed by atoms with Gasteiger partial charge in [-0.3, -0.25) is 0 Å². The van der Waals surface area contributed by atoms with E-state index in [2.05, 4.69) is 15.6 Å². The van der Waals surface area contributed by atoms with E-state index >= 15 is 0 Å². The van der Waals surface area contributed by atoms with Gasteiger partial charge in [0.15, 0.2) is 0 Å². The van der Waals surface area contributed by atoms with Crippen molar-refractivity contribution in [3.8, 4) is 0 Å². The van der Waals surface area contributed by atoms with Gasteiger partial charge in [0.25, 0.3) is 0 Å². The standard InChI is InChI=1S/C12H13N3O3S/c1-7-4-9(10(14-7)11(16)17)15-12(18)13-5-8-2-3-19-6-8/h2-4,6,14H,5H2,1H3,(H,16,17)(H2,13,15,18). The Hall–Kier alpha value is -2.28. The third-order valence-corrected chi connectivity index (χ3v) is 3.18. The van der Waals surface area contributed by atoms with E-state index in [4.69, 9.17) is 5.11 Å². The van der Waals surface area contributed by atoms with Crippen LogP contribution in [0.25, 0.3) is 0 Å². The van der Waals surface area contributed by atoms with E-state index in [9.17, 15) is 9.59 Å². The zero-order chi connectivity index (χ0) is 13.8. The summed E-state index contributed by atoms with van der Waals surface area (Å²) in [5.74, 6) is -1.11. The quantitative estimate of drug-likeness (QED) is 0.692. The third kappa shape index (κ3) is 3.35. The van der Waals surface area contributed by atoms with Crippen molar-refractivity contribution in [1.29, 1.82) is 0 Å². The number of nitrogens with one attached hydrogen (secondary N) is 3. The van der Waals surface area contributed by atoms with Crippen molar-refractivity contribution in [3.63, 3.8) is 0 Å². The highest BCUT2D eigenvalue weighted by Gasteiger charge is 2.15. The number of carboxylic acid groups (broad SMARTS) is 1. The van der Waals surface area contributed by atoms with Gasteiger partial charge in [-0.1, -0.05) is 0 Å². The molecule has 0 aliphatic rings. The van der Waals surface area contributed by atoms with Crippen molar-refractivity contribution in [2.24, 2.45) is 0 Å². The predicted molar refractivity (Wildman–Crippen MR) is 72.7 cm³/mol. The van der Waals surface area contributed by atoms with E-state index in [1.165, 1.54) is 0 Å². The number of anilines is 1. The highest BCUT2D eigenvalue weighted by molar-refractivity contribution is 7.07. The minimum atomic E-state index is -1.11. The van der Waals surface area contributed by atoms with E-state index in [-0.39, 0.29) is 11.4 Å². The Morgan fingerprint density at radius 3 is 2.89 bits per heavy atom. The van der Waals surface area contributed by atoms with Gasteiger partial charge in [0, 0.05) is 12.2 Å². The summed E-state index contributed by atoms with van der Waals surface area (Å²) in [4.78, 5) is 25.3. The smallest absolute Gasteiger partial charge is 0.354 e. The van der Waals surface area contributed by atoms with Crippen LogP contribution in [0.1, 0.15) is 21.7 Å². The molecule has 2 amide bonds. The fraction of sp³-hybridized carbons (Fsp3) is 0.167. The Balaban J connectivity index is 1.97. The minimum Gasteiger partial charge on any atom is -0.477 e. The van der Waals surface area contributed by atoms with E-state index in [1.807, 2.05) is 16.8 Å². The molecule has 0 saturated heterocycles. The lowest BCUT2D eigenvalue weighted by Gasteiger charge is -2.06. The lowest BCUT2D eigenvalue weighted by Crippen LogP contribution is -2.28. The van der Waals surface area contributed by atoms with Crippen molar-refractivity contribution < 1.29 is 14.7 Å². The van der Waals surface area contributed by atoms with Gasteiger partial charge in [0.1, 0.15) is 5.69 Å². The van der Waals surface area contributed by atoms with E-state index in [0.29, 0.717) is 12.2 Å². The number of aromatic amines is 1. The van der Waals surface area contributed by atoms with Crippen LogP contribution in [-0.2, 0) is 6.54 Å². The maximum Gasteiger partial charge on any atom is 0.354 e. The minimum absolute atomic E-state index is 0.0248. The van der Waals surface area contributed by atoms with Crippen molar-refractivity contribution in [3.05, 3.63) is 39.8 Å². The molecule has 2 aromatic rings. The molecule has 0 radical (unpaired) electrons. The van der Waals surface area contributed by atoms with Crippen LogP contribution in [0.3, 0.4) is 0 Å². The first-order chi connectivity index (χ1) is 9.06. The summed E-state index contributed by atoms with van der Waals surface area (Å²) in [5.41, 5.74) is 1.91. The maximum absolute atomic E-state index is 11.7. The van der Waals surface area contributed by atoms with Crippen molar-refractivity contribution in [1.82, 2.24) is 10.3 Å². The SMILES string of the molecule is Cc1cc(NC(=O)NCc2ccsc2)c(C(=O)O)[nH]1. The van der Waals surface area contributed by atoms with Crippen LogP contribution in [-0.4, -0.2) is 22.1 Å². The molecular weight excluding hydrogens is 266 g/mol. The molecule has 19 heavy (non-hydrogen) atoms. The molecule has 0 atom stereocenters. The molecule has 0 aliphatic carbocycles. The lowest BCUT2D eigenvalue weighted by atomic mass is 10.3. The highest BCUT2D eigenvalue weighted by atomic mass is 32.1. The van der Waals surface area contributed by atoms with Gasteiger partial charge < -0.3 is 20.7 Å². The van der Waals surface area contributed by atoms with Crippen LogP contribution < -0.4 is 10.6 Å². The van der Waals surface area contributed by atoms with Gasteiger partial charge in [-0.2, -0.15) is 11.3 Å². The summed E-state index contributed by atoms with van der Waals surface area (Å²) in [6.07, 6.45) is 0. The predicted octanol–water partition coefficient (Wildman–Crippen LogP) is 2.40. The number of aromatic nitrogens is 1. The summed E-state index contributed by atoms with van der Waals surface area (Å²) >= 11 is 1.55. The molecule has 0 saturated carbocycles. The average molecular weight is 279 g/mol. The largest absolute Gasteiger partial charge is 0.477 e. The van der Waals surface area contributed by atoms with Crippen LogP contribution in [0.4, 0.5) is 10.5 Å². The Labute approximate surface area is 113 Å². The molecule has 0 aromatic carbocycles. The molecule has 4 N–H and O–H groups in total. The number of carboxylic acids is 1. The number of H-pyrrole nitrogens is 1. The molecule has 0 unspecified atom stereocenters. The number of carbonyl (C=O) groups is 2. The fourth-order valence-corrected chi connectivity index (χ4v) is 2.27. The first-order valence-electron chi connectivity index (χ1n) is 5.55. The second-order valence-corrected chi connectivity index (χ2v) is 4.77. The Bertz CT molecular complexity index is 589. The molecule has 100 valence electrons. The molecule has 2 aromatic heterocycles. The van der Waals surface area contributed by atoms with E-state index in [0.717, 1.165) is 5.56 Å². The van der Waals surface area contributed by atoms with Crippen LogP contribution in [0.5, 0.6) is 0 Å². The normalized spacial score (nSPS) is 10.2. The molecular formula is C12H13N3O3S. The van der Waals surface area contributed by atoms with E-state index < -0.39 is 12.0 Å². The number of hydrogen-bond acceptors (Lipinski definition) is 3. The van der Waals surface area contributed by atoms with Crippen LogP contribution >= 0.6 is 11.3 Å². The summed E-state index contributed by atoms with van der Waals surface area (Å²) in [7, 11) is 0. The van der Waals surface area contributed by atoms with Gasteiger partial charge in [0.2, 0.25) is 0 Å². The number of amides is 2. The Morgan fingerprint density at radius 1 is 1.47 bits per heavy atom. The van der Waals surface area contributed by atoms with Crippen molar-refractivity contribution in [2.75, 3.05) is 5.32 Å². The Kier molecular flexibility index (Phi) is 3.86.